The molecule has 1 heterocycles. The van der Waals surface area contributed by atoms with Gasteiger partial charge in [0, 0.05) is 25.2 Å². The lowest BCUT2D eigenvalue weighted by atomic mass is 10.2. The van der Waals surface area contributed by atoms with Gasteiger partial charge >= 0.3 is 0 Å². The van der Waals surface area contributed by atoms with Crippen molar-refractivity contribution in [1.29, 1.82) is 0 Å². The van der Waals surface area contributed by atoms with E-state index < -0.39 is 0 Å². The molecule has 0 aromatic heterocycles. The van der Waals surface area contributed by atoms with Gasteiger partial charge in [-0.1, -0.05) is 17.7 Å². The number of rotatable bonds is 3. The average Bonchev–Trinajstić information content (AvgIpc) is 3.06. The van der Waals surface area contributed by atoms with E-state index in [1.54, 1.807) is 0 Å². The second-order valence-corrected chi connectivity index (χ2v) is 5.46. The number of anilines is 2. The Kier molecular flexibility index (Phi) is 2.89. The molecule has 1 saturated carbocycles. The van der Waals surface area contributed by atoms with Crippen LogP contribution >= 0.6 is 11.6 Å². The third-order valence-electron chi connectivity index (χ3n) is 3.70. The number of hydrogen-bond donors (Lipinski definition) is 2. The smallest absolute Gasteiger partial charge is 0.0739 e. The van der Waals surface area contributed by atoms with Crippen LogP contribution in [0.15, 0.2) is 18.2 Å². The summed E-state index contributed by atoms with van der Waals surface area (Å²) in [6.45, 7) is 2.35. The number of halogens is 1. The van der Waals surface area contributed by atoms with Gasteiger partial charge in [0.25, 0.3) is 0 Å². The van der Waals surface area contributed by atoms with E-state index in [0.29, 0.717) is 16.8 Å². The van der Waals surface area contributed by atoms with Crippen molar-refractivity contribution in [3.8, 4) is 0 Å². The molecule has 0 spiro atoms. The molecule has 1 unspecified atom stereocenters. The molecule has 1 aliphatic heterocycles. The van der Waals surface area contributed by atoms with Crippen molar-refractivity contribution in [2.75, 3.05) is 24.1 Å². The molecule has 1 atom stereocenters. The van der Waals surface area contributed by atoms with Crippen LogP contribution in [-0.2, 0) is 0 Å². The number of hydrogen-bond acceptors (Lipinski definition) is 3. The SMILES string of the molecule is Nc1c(Cl)cccc1NC1CCN(C2CC2)C1. The second-order valence-electron chi connectivity index (χ2n) is 5.06. The Morgan fingerprint density at radius 1 is 1.29 bits per heavy atom. The fourth-order valence-corrected chi connectivity index (χ4v) is 2.73. The van der Waals surface area contributed by atoms with Gasteiger partial charge in [-0.2, -0.15) is 0 Å². The minimum atomic E-state index is 0.511. The Bertz CT molecular complexity index is 417. The standard InChI is InChI=1S/C13H18ClN3/c14-11-2-1-3-12(13(11)15)16-9-6-7-17(8-9)10-4-5-10/h1-3,9-10,16H,4-8,15H2. The van der Waals surface area contributed by atoms with Crippen molar-refractivity contribution in [3.63, 3.8) is 0 Å². The van der Waals surface area contributed by atoms with Crippen LogP contribution < -0.4 is 11.1 Å². The van der Waals surface area contributed by atoms with Crippen molar-refractivity contribution >= 4 is 23.0 Å². The van der Waals surface area contributed by atoms with Crippen LogP contribution in [0.1, 0.15) is 19.3 Å². The quantitative estimate of drug-likeness (QED) is 0.812. The van der Waals surface area contributed by atoms with Crippen molar-refractivity contribution in [2.45, 2.75) is 31.3 Å². The van der Waals surface area contributed by atoms with Gasteiger partial charge < -0.3 is 11.1 Å². The molecule has 4 heteroatoms. The van der Waals surface area contributed by atoms with Crippen molar-refractivity contribution in [1.82, 2.24) is 4.90 Å². The summed E-state index contributed by atoms with van der Waals surface area (Å²) in [6.07, 6.45) is 3.96. The van der Waals surface area contributed by atoms with E-state index in [2.05, 4.69) is 10.2 Å². The van der Waals surface area contributed by atoms with Gasteiger partial charge in [0.2, 0.25) is 0 Å². The van der Waals surface area contributed by atoms with Crippen molar-refractivity contribution in [2.24, 2.45) is 0 Å². The van der Waals surface area contributed by atoms with Crippen LogP contribution in [-0.4, -0.2) is 30.1 Å². The molecule has 17 heavy (non-hydrogen) atoms. The van der Waals surface area contributed by atoms with E-state index in [-0.39, 0.29) is 0 Å². The summed E-state index contributed by atoms with van der Waals surface area (Å²) in [5, 5.41) is 4.14. The zero-order valence-corrected chi connectivity index (χ0v) is 10.6. The fourth-order valence-electron chi connectivity index (χ4n) is 2.56. The van der Waals surface area contributed by atoms with Gasteiger partial charge in [-0.3, -0.25) is 4.90 Å². The normalized spacial score (nSPS) is 25.1. The molecule has 1 aromatic rings. The summed E-state index contributed by atoms with van der Waals surface area (Å²) in [7, 11) is 0. The molecule has 3 nitrogen and oxygen atoms in total. The second kappa shape index (κ2) is 4.39. The summed E-state index contributed by atoms with van der Waals surface area (Å²) >= 11 is 6.01. The van der Waals surface area contributed by atoms with Crippen LogP contribution in [0.5, 0.6) is 0 Å². The van der Waals surface area contributed by atoms with Crippen molar-refractivity contribution in [3.05, 3.63) is 23.2 Å². The van der Waals surface area contributed by atoms with Gasteiger partial charge in [0.05, 0.1) is 16.4 Å². The highest BCUT2D eigenvalue weighted by molar-refractivity contribution is 6.33. The predicted octanol–water partition coefficient (Wildman–Crippen LogP) is 2.57. The summed E-state index contributed by atoms with van der Waals surface area (Å²) in [5.41, 5.74) is 7.60. The fraction of sp³-hybridized carbons (Fsp3) is 0.538. The largest absolute Gasteiger partial charge is 0.396 e. The number of nitrogens with two attached hydrogens (primary N) is 1. The van der Waals surface area contributed by atoms with Crippen LogP contribution in [0.3, 0.4) is 0 Å². The maximum absolute atomic E-state index is 6.01. The average molecular weight is 252 g/mol. The first-order chi connectivity index (χ1) is 8.24. The molecule has 0 bridgehead atoms. The van der Waals surface area contributed by atoms with E-state index in [9.17, 15) is 0 Å². The predicted molar refractivity (Wildman–Crippen MR) is 72.5 cm³/mol. The third kappa shape index (κ3) is 2.35. The monoisotopic (exact) mass is 251 g/mol. The van der Waals surface area contributed by atoms with Gasteiger partial charge in [0.1, 0.15) is 0 Å². The van der Waals surface area contributed by atoms with Crippen LogP contribution in [0.4, 0.5) is 11.4 Å². The van der Waals surface area contributed by atoms with E-state index >= 15 is 0 Å². The lowest BCUT2D eigenvalue weighted by Gasteiger charge is -2.18. The van der Waals surface area contributed by atoms with Gasteiger partial charge in [-0.25, -0.2) is 0 Å². The number of nitrogen functional groups attached to an aromatic ring is 1. The maximum atomic E-state index is 6.01. The third-order valence-corrected chi connectivity index (χ3v) is 4.03. The highest BCUT2D eigenvalue weighted by Gasteiger charge is 2.34. The number of likely N-dealkylation sites (tertiary alicyclic amines) is 1. The molecule has 2 fully saturated rings. The Labute approximate surface area is 107 Å². The molecule has 0 radical (unpaired) electrons. The first-order valence-corrected chi connectivity index (χ1v) is 6.66. The minimum Gasteiger partial charge on any atom is -0.396 e. The Morgan fingerprint density at radius 3 is 2.88 bits per heavy atom. The van der Waals surface area contributed by atoms with Gasteiger partial charge in [-0.15, -0.1) is 0 Å². The lowest BCUT2D eigenvalue weighted by Crippen LogP contribution is -2.27. The lowest BCUT2D eigenvalue weighted by molar-refractivity contribution is 0.326. The van der Waals surface area contributed by atoms with E-state index in [1.807, 2.05) is 18.2 Å². The molecule has 1 saturated heterocycles. The summed E-state index contributed by atoms with van der Waals surface area (Å²) in [4.78, 5) is 2.58. The van der Waals surface area contributed by atoms with E-state index in [0.717, 1.165) is 18.3 Å². The topological polar surface area (TPSA) is 41.3 Å². The Hall–Kier alpha value is -0.930. The molecule has 2 aliphatic rings. The molecule has 1 aliphatic carbocycles. The zero-order valence-electron chi connectivity index (χ0n) is 9.82. The molecule has 0 amide bonds. The number of nitrogens with zero attached hydrogens (tertiary/aromatic N) is 1. The Balaban J connectivity index is 1.65. The Morgan fingerprint density at radius 2 is 2.12 bits per heavy atom. The molecule has 1 aromatic carbocycles. The maximum Gasteiger partial charge on any atom is 0.0739 e. The summed E-state index contributed by atoms with van der Waals surface area (Å²) < 4.78 is 0. The van der Waals surface area contributed by atoms with E-state index in [4.69, 9.17) is 17.3 Å². The minimum absolute atomic E-state index is 0.511. The highest BCUT2D eigenvalue weighted by atomic mass is 35.5. The van der Waals surface area contributed by atoms with Crippen LogP contribution in [0, 0.1) is 0 Å². The molecule has 3 rings (SSSR count). The summed E-state index contributed by atoms with van der Waals surface area (Å²) in [5.74, 6) is 0. The molecular formula is C13H18ClN3. The van der Waals surface area contributed by atoms with Crippen LogP contribution in [0.25, 0.3) is 0 Å². The molecular weight excluding hydrogens is 234 g/mol. The van der Waals surface area contributed by atoms with Crippen molar-refractivity contribution < 1.29 is 0 Å². The van der Waals surface area contributed by atoms with Gasteiger partial charge in [-0.05, 0) is 31.4 Å². The zero-order chi connectivity index (χ0) is 11.8. The first kappa shape index (κ1) is 11.2. The number of benzene rings is 1. The first-order valence-electron chi connectivity index (χ1n) is 6.28. The molecule has 3 N–H and O–H groups in total. The van der Waals surface area contributed by atoms with E-state index in [1.165, 1.54) is 25.8 Å². The van der Waals surface area contributed by atoms with Crippen LogP contribution in [0.2, 0.25) is 5.02 Å². The molecule has 92 valence electrons. The highest BCUT2D eigenvalue weighted by Crippen LogP contribution is 2.32. The summed E-state index contributed by atoms with van der Waals surface area (Å²) in [6, 6.07) is 7.14. The van der Waals surface area contributed by atoms with Gasteiger partial charge in [0.15, 0.2) is 0 Å². The number of nitrogens with one attached hydrogen (secondary N) is 1. The number of para-hydroxylation sites is 1.